The smallest absolute Gasteiger partial charge is 0.319 e. The van der Waals surface area contributed by atoms with Crippen LogP contribution in [0, 0.1) is 18.7 Å². The van der Waals surface area contributed by atoms with Crippen LogP contribution in [0.1, 0.15) is 100 Å². The van der Waals surface area contributed by atoms with Gasteiger partial charge in [-0.05, 0) is 104 Å². The molecular formula is C61H69FN12O7. The minimum Gasteiger partial charge on any atom is -0.486 e. The van der Waals surface area contributed by atoms with E-state index in [1.807, 2.05) is 87.0 Å². The summed E-state index contributed by atoms with van der Waals surface area (Å²) in [5.41, 5.74) is 8.75. The Bertz CT molecular complexity index is 3580. The lowest BCUT2D eigenvalue weighted by atomic mass is 9.88. The molecular weight excluding hydrogens is 1030 g/mol. The SMILES string of the molecule is CCn1nccc1-c1ccc([C@H](CO)NC(=O)[C@@H]2C[C@@H](O)CN2C(=O)[C@H](C(C)C)n2cc(-c3ccc(COc4c(-c5c(C)c(F)cc6[nH]ncc56)c(C5CC5)cc5c(N6CCC=CCC6)nc(OC[C@H](C)OC)nc45)cc3)nn2)cc1. The summed E-state index contributed by atoms with van der Waals surface area (Å²) in [6.07, 6.45) is 12.1. The molecule has 4 aromatic carbocycles. The molecule has 0 bridgehead atoms. The molecule has 6 heterocycles. The zero-order chi connectivity index (χ0) is 56.5. The number of rotatable bonds is 20. The van der Waals surface area contributed by atoms with E-state index in [1.165, 1.54) is 15.6 Å². The average Bonchev–Trinajstić information content (AvgIpc) is 3.67. The first kappa shape index (κ1) is 54.9. The molecule has 20 heteroatoms. The molecule has 5 atom stereocenters. The van der Waals surface area contributed by atoms with Gasteiger partial charge in [0.2, 0.25) is 11.8 Å². The Balaban J connectivity index is 0.867. The molecule has 0 unspecified atom stereocenters. The Morgan fingerprint density at radius 1 is 0.938 bits per heavy atom. The van der Waals surface area contributed by atoms with Crippen molar-refractivity contribution in [2.45, 2.75) is 116 Å². The van der Waals surface area contributed by atoms with E-state index >= 15 is 4.39 Å². The fraction of sp³-hybridized carbons (Fsp3) is 0.410. The number of likely N-dealkylation sites (tertiary alicyclic amines) is 1. The van der Waals surface area contributed by atoms with Gasteiger partial charge < -0.3 is 39.5 Å². The average molecular weight is 1100 g/mol. The van der Waals surface area contributed by atoms with Crippen molar-refractivity contribution in [2.24, 2.45) is 5.92 Å². The molecule has 2 fully saturated rings. The van der Waals surface area contributed by atoms with Crippen molar-refractivity contribution in [1.29, 1.82) is 0 Å². The highest BCUT2D eigenvalue weighted by Gasteiger charge is 2.43. The second-order valence-electron chi connectivity index (χ2n) is 21.8. The number of aryl methyl sites for hydroxylation is 1. The van der Waals surface area contributed by atoms with E-state index in [0.717, 1.165) is 88.9 Å². The van der Waals surface area contributed by atoms with Gasteiger partial charge in [0.1, 0.15) is 48.1 Å². The zero-order valence-corrected chi connectivity index (χ0v) is 46.6. The molecule has 1 aliphatic carbocycles. The van der Waals surface area contributed by atoms with E-state index in [4.69, 9.17) is 24.2 Å². The van der Waals surface area contributed by atoms with Crippen molar-refractivity contribution < 1.29 is 38.4 Å². The highest BCUT2D eigenvalue weighted by molar-refractivity contribution is 6.06. The number of ether oxygens (including phenoxy) is 3. The normalized spacial score (nSPS) is 17.7. The summed E-state index contributed by atoms with van der Waals surface area (Å²) in [5, 5.41) is 46.6. The van der Waals surface area contributed by atoms with Gasteiger partial charge in [-0.3, -0.25) is 19.4 Å². The van der Waals surface area contributed by atoms with Crippen LogP contribution in [0.5, 0.6) is 11.8 Å². The lowest BCUT2D eigenvalue weighted by molar-refractivity contribution is -0.142. The number of hydrogen-bond donors (Lipinski definition) is 4. The van der Waals surface area contributed by atoms with E-state index in [2.05, 4.69) is 54.0 Å². The van der Waals surface area contributed by atoms with Crippen LogP contribution < -0.4 is 19.7 Å². The predicted octanol–water partition coefficient (Wildman–Crippen LogP) is 8.80. The Labute approximate surface area is 469 Å². The first-order valence-corrected chi connectivity index (χ1v) is 28.0. The number of β-amino-alcohol motifs (C(OH)–C–C–N with tert-alkyl or cyclic N) is 1. The van der Waals surface area contributed by atoms with Crippen LogP contribution in [0.2, 0.25) is 0 Å². The van der Waals surface area contributed by atoms with Gasteiger partial charge >= 0.3 is 6.01 Å². The van der Waals surface area contributed by atoms with E-state index in [-0.39, 0.29) is 68.5 Å². The number of nitrogens with one attached hydrogen (secondary N) is 2. The first-order chi connectivity index (χ1) is 39.3. The summed E-state index contributed by atoms with van der Waals surface area (Å²) in [4.78, 5) is 42.6. The number of carbonyl (C=O) groups excluding carboxylic acids is 2. The van der Waals surface area contributed by atoms with Gasteiger partial charge in [-0.2, -0.15) is 20.2 Å². The third kappa shape index (κ3) is 11.2. The Kier molecular flexibility index (Phi) is 16.0. The highest BCUT2D eigenvalue weighted by Crippen LogP contribution is 2.53. The molecule has 4 aromatic heterocycles. The molecule has 11 rings (SSSR count). The van der Waals surface area contributed by atoms with E-state index in [1.54, 1.807) is 32.6 Å². The van der Waals surface area contributed by atoms with Crippen molar-refractivity contribution in [2.75, 3.05) is 44.9 Å². The molecule has 0 radical (unpaired) electrons. The number of methoxy groups -OCH3 is 1. The van der Waals surface area contributed by atoms with Gasteiger partial charge in [-0.15, -0.1) is 5.10 Å². The molecule has 422 valence electrons. The van der Waals surface area contributed by atoms with E-state index in [9.17, 15) is 19.8 Å². The minimum absolute atomic E-state index is 0.0380. The summed E-state index contributed by atoms with van der Waals surface area (Å²) < 4.78 is 38.4. The number of nitrogens with zero attached hydrogens (tertiary/aromatic N) is 10. The van der Waals surface area contributed by atoms with Crippen molar-refractivity contribution in [3.05, 3.63) is 126 Å². The van der Waals surface area contributed by atoms with Crippen LogP contribution in [-0.2, 0) is 27.5 Å². The van der Waals surface area contributed by atoms with E-state index < -0.39 is 30.1 Å². The Morgan fingerprint density at radius 3 is 2.40 bits per heavy atom. The molecule has 1 saturated carbocycles. The third-order valence-electron chi connectivity index (χ3n) is 15.9. The van der Waals surface area contributed by atoms with Crippen LogP contribution in [0.3, 0.4) is 0 Å². The van der Waals surface area contributed by atoms with E-state index in [0.29, 0.717) is 45.7 Å². The summed E-state index contributed by atoms with van der Waals surface area (Å²) >= 11 is 0. The molecule has 0 spiro atoms. The maximum absolute atomic E-state index is 16.1. The number of aliphatic hydroxyl groups is 2. The number of benzene rings is 4. The summed E-state index contributed by atoms with van der Waals surface area (Å²) in [5.74, 6) is -0.0645. The van der Waals surface area contributed by atoms with Crippen molar-refractivity contribution in [1.82, 2.24) is 55.2 Å². The lowest BCUT2D eigenvalue weighted by Crippen LogP contribution is -2.50. The Hall–Kier alpha value is -8.07. The number of amides is 2. The van der Waals surface area contributed by atoms with Crippen molar-refractivity contribution in [3.8, 4) is 45.4 Å². The van der Waals surface area contributed by atoms with Gasteiger partial charge in [-0.1, -0.05) is 79.7 Å². The van der Waals surface area contributed by atoms with Crippen LogP contribution in [0.4, 0.5) is 10.2 Å². The molecule has 4 N–H and O–H groups in total. The fourth-order valence-corrected chi connectivity index (χ4v) is 11.3. The number of carbonyl (C=O) groups is 2. The number of aromatic amines is 1. The second-order valence-corrected chi connectivity index (χ2v) is 21.8. The van der Waals surface area contributed by atoms with Crippen LogP contribution >= 0.6 is 0 Å². The van der Waals surface area contributed by atoms with Gasteiger partial charge in [-0.25, -0.2) is 9.07 Å². The monoisotopic (exact) mass is 1100 g/mol. The maximum atomic E-state index is 16.1. The molecule has 8 aromatic rings. The number of aliphatic hydroxyl groups excluding tert-OH is 2. The molecule has 19 nitrogen and oxygen atoms in total. The van der Waals surface area contributed by atoms with Crippen molar-refractivity contribution >= 4 is 39.4 Å². The minimum atomic E-state index is -0.986. The number of fused-ring (bicyclic) bond motifs is 2. The molecule has 3 aliphatic rings. The topological polar surface area (TPSA) is 224 Å². The van der Waals surface area contributed by atoms with Gasteiger partial charge in [0, 0.05) is 73.4 Å². The van der Waals surface area contributed by atoms with Crippen LogP contribution in [0.25, 0.3) is 55.4 Å². The molecule has 1 saturated heterocycles. The second kappa shape index (κ2) is 23.6. The summed E-state index contributed by atoms with van der Waals surface area (Å²) in [6, 6.07) is 18.5. The van der Waals surface area contributed by atoms with Gasteiger partial charge in [0.05, 0.1) is 48.5 Å². The molecule has 2 aliphatic heterocycles. The molecule has 2 amide bonds. The van der Waals surface area contributed by atoms with Crippen LogP contribution in [0.15, 0.2) is 97.5 Å². The first-order valence-electron chi connectivity index (χ1n) is 28.0. The quantitative estimate of drug-likeness (QED) is 0.0524. The number of anilines is 1. The highest BCUT2D eigenvalue weighted by atomic mass is 19.1. The largest absolute Gasteiger partial charge is 0.486 e. The standard InChI is InChI=1S/C61H69FN12O7/c1-7-73-51(22-23-64-73)42-20-18-41(19-21-42)50(32-75)65-59(77)52-26-43(76)30-72(52)60(78)56(35(2)3)74-31-49(69-70-74)40-14-12-38(13-15-40)34-80-57-54(53-37(5)47(62)28-48-46(53)29-63-68-48)44(39-16-17-39)27-45-55(57)66-61(81-33-36(4)79-6)67-58(45)71-24-10-8-9-11-25-71/h8-9,12-15,18-23,27-29,31,35-36,39,43,50,52,56,75-76H,7,10-11,16-17,24-26,30,32-34H2,1-6H3,(H,63,68)(H,65,77)/t36-,43+,50-,52-,56-/m0/s1. The number of aromatic nitrogens is 9. The number of halogens is 1. The third-order valence-corrected chi connectivity index (χ3v) is 15.9. The fourth-order valence-electron chi connectivity index (χ4n) is 11.3. The van der Waals surface area contributed by atoms with Gasteiger partial charge in [0.15, 0.2) is 5.75 Å². The van der Waals surface area contributed by atoms with Crippen LogP contribution in [-0.4, -0.2) is 130 Å². The number of hydrogen-bond acceptors (Lipinski definition) is 14. The predicted molar refractivity (Wildman–Crippen MR) is 305 cm³/mol. The van der Waals surface area contributed by atoms with Crippen molar-refractivity contribution in [3.63, 3.8) is 0 Å². The molecule has 81 heavy (non-hydrogen) atoms. The lowest BCUT2D eigenvalue weighted by Gasteiger charge is -2.30. The maximum Gasteiger partial charge on any atom is 0.319 e. The summed E-state index contributed by atoms with van der Waals surface area (Å²) in [7, 11) is 1.63. The zero-order valence-electron chi connectivity index (χ0n) is 46.6. The van der Waals surface area contributed by atoms with Gasteiger partial charge in [0.25, 0.3) is 0 Å². The Morgan fingerprint density at radius 2 is 1.69 bits per heavy atom. The number of H-pyrrole nitrogens is 1. The summed E-state index contributed by atoms with van der Waals surface area (Å²) in [6.45, 7) is 11.7.